The fourth-order valence-electron chi connectivity index (χ4n) is 3.49. The van der Waals surface area contributed by atoms with Gasteiger partial charge in [-0.1, -0.05) is 34.5 Å². The first kappa shape index (κ1) is 25.3. The van der Waals surface area contributed by atoms with E-state index in [1.807, 2.05) is 13.0 Å². The van der Waals surface area contributed by atoms with Gasteiger partial charge in [0.15, 0.2) is 11.5 Å². The van der Waals surface area contributed by atoms with E-state index in [2.05, 4.69) is 26.0 Å². The average Bonchev–Trinajstić information content (AvgIpc) is 2.87. The van der Waals surface area contributed by atoms with Crippen molar-refractivity contribution in [1.29, 1.82) is 0 Å². The van der Waals surface area contributed by atoms with E-state index in [4.69, 9.17) is 21.1 Å². The Balaban J connectivity index is 1.62. The number of rotatable bonds is 8. The molecule has 0 N–H and O–H groups in total. The molecule has 9 nitrogen and oxygen atoms in total. The second kappa shape index (κ2) is 10.9. The number of aryl methyl sites for hydroxylation is 1. The molecular formula is C25H20BrClN4O5. The summed E-state index contributed by atoms with van der Waals surface area (Å²) in [4.78, 5) is 28.0. The van der Waals surface area contributed by atoms with Crippen LogP contribution in [0.25, 0.3) is 10.9 Å². The molecule has 0 aliphatic carbocycles. The predicted octanol–water partition coefficient (Wildman–Crippen LogP) is 5.75. The molecule has 4 aromatic rings. The van der Waals surface area contributed by atoms with E-state index >= 15 is 0 Å². The number of ether oxygens (including phenoxy) is 2. The van der Waals surface area contributed by atoms with Gasteiger partial charge in [-0.2, -0.15) is 9.78 Å². The van der Waals surface area contributed by atoms with Crippen LogP contribution in [0.1, 0.15) is 23.9 Å². The number of aromatic nitrogens is 2. The van der Waals surface area contributed by atoms with Gasteiger partial charge in [0.1, 0.15) is 12.4 Å². The van der Waals surface area contributed by atoms with Gasteiger partial charge in [-0.25, -0.2) is 4.98 Å². The first-order chi connectivity index (χ1) is 17.3. The van der Waals surface area contributed by atoms with Crippen LogP contribution in [0.3, 0.4) is 0 Å². The number of nitrogens with zero attached hydrogens (tertiary/aromatic N) is 4. The second-order valence-electron chi connectivity index (χ2n) is 7.65. The Kier molecular flexibility index (Phi) is 7.66. The minimum absolute atomic E-state index is 0.00223. The fourth-order valence-corrected chi connectivity index (χ4v) is 4.13. The monoisotopic (exact) mass is 570 g/mol. The van der Waals surface area contributed by atoms with E-state index in [9.17, 15) is 14.9 Å². The van der Waals surface area contributed by atoms with Crippen molar-refractivity contribution in [3.63, 3.8) is 0 Å². The topological polar surface area (TPSA) is 109 Å². The normalized spacial score (nSPS) is 11.2. The van der Waals surface area contributed by atoms with Crippen molar-refractivity contribution in [2.45, 2.75) is 20.0 Å². The lowest BCUT2D eigenvalue weighted by Crippen LogP contribution is -2.22. The number of halogens is 2. The lowest BCUT2D eigenvalue weighted by Gasteiger charge is -2.13. The highest BCUT2D eigenvalue weighted by atomic mass is 79.9. The molecule has 11 heteroatoms. The number of nitro benzene ring substituents is 1. The molecule has 0 bridgehead atoms. The number of fused-ring (bicyclic) bond motifs is 1. The van der Waals surface area contributed by atoms with E-state index in [1.165, 1.54) is 30.1 Å². The van der Waals surface area contributed by atoms with Gasteiger partial charge in [-0.05, 0) is 53.6 Å². The van der Waals surface area contributed by atoms with Crippen molar-refractivity contribution >= 4 is 50.3 Å². The summed E-state index contributed by atoms with van der Waals surface area (Å²) in [6.45, 7) is 2.03. The standard InChI is InChI=1S/C25H20BrClN4O5/c1-3-23-29-21-9-6-17(26)12-19(21)25(32)30(23)28-13-16-10-20(27)24(22(11-16)35-2)36-14-15-4-7-18(8-5-15)31(33)34/h4-13H,3,14H2,1-2H3. The van der Waals surface area contributed by atoms with Crippen molar-refractivity contribution in [3.8, 4) is 11.5 Å². The van der Waals surface area contributed by atoms with E-state index in [1.54, 1.807) is 36.4 Å². The summed E-state index contributed by atoms with van der Waals surface area (Å²) in [6.07, 6.45) is 2.01. The molecule has 0 atom stereocenters. The van der Waals surface area contributed by atoms with Crippen molar-refractivity contribution in [3.05, 3.63) is 102 Å². The largest absolute Gasteiger partial charge is 0.493 e. The number of benzene rings is 3. The number of hydrogen-bond acceptors (Lipinski definition) is 7. The van der Waals surface area contributed by atoms with Crippen LogP contribution in [0.5, 0.6) is 11.5 Å². The number of non-ortho nitro benzene ring substituents is 1. The maximum absolute atomic E-state index is 13.1. The molecule has 184 valence electrons. The zero-order valence-electron chi connectivity index (χ0n) is 19.3. The summed E-state index contributed by atoms with van der Waals surface area (Å²) in [5.74, 6) is 1.21. The van der Waals surface area contributed by atoms with Gasteiger partial charge in [0, 0.05) is 23.0 Å². The highest BCUT2D eigenvalue weighted by Crippen LogP contribution is 2.36. The lowest BCUT2D eigenvalue weighted by atomic mass is 10.2. The summed E-state index contributed by atoms with van der Waals surface area (Å²) in [5, 5.41) is 15.9. The molecule has 0 radical (unpaired) electrons. The molecule has 0 fully saturated rings. The molecular weight excluding hydrogens is 552 g/mol. The number of nitro groups is 1. The van der Waals surface area contributed by atoms with Crippen LogP contribution in [-0.4, -0.2) is 27.9 Å². The molecule has 1 heterocycles. The first-order valence-electron chi connectivity index (χ1n) is 10.8. The van der Waals surface area contributed by atoms with E-state index in [0.717, 1.165) is 10.0 Å². The van der Waals surface area contributed by atoms with Crippen LogP contribution in [-0.2, 0) is 13.0 Å². The Morgan fingerprint density at radius 1 is 1.19 bits per heavy atom. The molecule has 0 amide bonds. The summed E-state index contributed by atoms with van der Waals surface area (Å²) in [7, 11) is 1.48. The van der Waals surface area contributed by atoms with E-state index < -0.39 is 4.92 Å². The van der Waals surface area contributed by atoms with Gasteiger partial charge in [-0.3, -0.25) is 14.9 Å². The van der Waals surface area contributed by atoms with Crippen LogP contribution >= 0.6 is 27.5 Å². The van der Waals surface area contributed by atoms with Crippen LogP contribution in [0.4, 0.5) is 5.69 Å². The highest BCUT2D eigenvalue weighted by Gasteiger charge is 2.14. The van der Waals surface area contributed by atoms with Crippen LogP contribution < -0.4 is 15.0 Å². The Morgan fingerprint density at radius 3 is 2.61 bits per heavy atom. The van der Waals surface area contributed by atoms with Gasteiger partial charge in [0.2, 0.25) is 0 Å². The Bertz CT molecular complexity index is 1540. The molecule has 0 aliphatic heterocycles. The van der Waals surface area contributed by atoms with E-state index in [0.29, 0.717) is 40.2 Å². The smallest absolute Gasteiger partial charge is 0.282 e. The Morgan fingerprint density at radius 2 is 1.94 bits per heavy atom. The molecule has 0 aliphatic rings. The van der Waals surface area contributed by atoms with Crippen LogP contribution in [0, 0.1) is 10.1 Å². The van der Waals surface area contributed by atoms with E-state index in [-0.39, 0.29) is 22.9 Å². The molecule has 0 saturated heterocycles. The maximum atomic E-state index is 13.1. The van der Waals surface area contributed by atoms with Crippen molar-refractivity contribution < 1.29 is 14.4 Å². The fraction of sp³-hybridized carbons (Fsp3) is 0.160. The second-order valence-corrected chi connectivity index (χ2v) is 8.97. The molecule has 0 saturated carbocycles. The predicted molar refractivity (Wildman–Crippen MR) is 142 cm³/mol. The third-order valence-electron chi connectivity index (χ3n) is 5.30. The molecule has 36 heavy (non-hydrogen) atoms. The zero-order valence-corrected chi connectivity index (χ0v) is 21.6. The van der Waals surface area contributed by atoms with Gasteiger partial charge in [0.25, 0.3) is 11.2 Å². The molecule has 0 spiro atoms. The maximum Gasteiger partial charge on any atom is 0.282 e. The number of methoxy groups -OCH3 is 1. The summed E-state index contributed by atoms with van der Waals surface area (Å²) in [6, 6.07) is 14.7. The number of hydrogen-bond donors (Lipinski definition) is 0. The summed E-state index contributed by atoms with van der Waals surface area (Å²) in [5.41, 5.74) is 1.63. The minimum Gasteiger partial charge on any atom is -0.493 e. The third-order valence-corrected chi connectivity index (χ3v) is 6.07. The molecule has 1 aromatic heterocycles. The highest BCUT2D eigenvalue weighted by molar-refractivity contribution is 9.10. The van der Waals surface area contributed by atoms with Gasteiger partial charge in [-0.15, -0.1) is 0 Å². The van der Waals surface area contributed by atoms with Crippen LogP contribution in [0.2, 0.25) is 5.02 Å². The summed E-state index contributed by atoms with van der Waals surface area (Å²) < 4.78 is 13.3. The quantitative estimate of drug-likeness (QED) is 0.151. The molecule has 4 rings (SSSR count). The zero-order chi connectivity index (χ0) is 25.8. The average molecular weight is 572 g/mol. The van der Waals surface area contributed by atoms with Gasteiger partial charge >= 0.3 is 0 Å². The Hall–Kier alpha value is -3.76. The lowest BCUT2D eigenvalue weighted by molar-refractivity contribution is -0.384. The Labute approximate surface area is 219 Å². The van der Waals surface area contributed by atoms with Crippen molar-refractivity contribution in [1.82, 2.24) is 9.66 Å². The molecule has 0 unspecified atom stereocenters. The SMILES string of the molecule is CCc1nc2ccc(Br)cc2c(=O)n1N=Cc1cc(Cl)c(OCc2ccc([N+](=O)[O-])cc2)c(OC)c1. The first-order valence-corrected chi connectivity index (χ1v) is 12.0. The van der Waals surface area contributed by atoms with Gasteiger partial charge < -0.3 is 9.47 Å². The molecule has 3 aromatic carbocycles. The van der Waals surface area contributed by atoms with Crippen molar-refractivity contribution in [2.75, 3.05) is 7.11 Å². The minimum atomic E-state index is -0.463. The summed E-state index contributed by atoms with van der Waals surface area (Å²) >= 11 is 9.86. The van der Waals surface area contributed by atoms with Gasteiger partial charge in [0.05, 0.1) is 34.2 Å². The van der Waals surface area contributed by atoms with Crippen LogP contribution in [0.15, 0.2) is 69.0 Å². The van der Waals surface area contributed by atoms with Crippen molar-refractivity contribution in [2.24, 2.45) is 5.10 Å². The third kappa shape index (κ3) is 5.39.